The minimum atomic E-state index is -0.347. The zero-order valence-electron chi connectivity index (χ0n) is 10.3. The quantitative estimate of drug-likeness (QED) is 0.845. The molecule has 5 heteroatoms. The Bertz CT molecular complexity index is 451. The molecular formula is C13H17FN2O2. The molecule has 0 aliphatic carbocycles. The van der Waals surface area contributed by atoms with E-state index in [0.29, 0.717) is 12.1 Å². The molecule has 0 bridgehead atoms. The lowest BCUT2D eigenvalue weighted by molar-refractivity contribution is -0.119. The van der Waals surface area contributed by atoms with E-state index in [1.807, 2.05) is 0 Å². The van der Waals surface area contributed by atoms with Gasteiger partial charge in [-0.25, -0.2) is 4.39 Å². The number of hydrogen-bond donors (Lipinski definition) is 2. The predicted molar refractivity (Wildman–Crippen MR) is 66.8 cm³/mol. The van der Waals surface area contributed by atoms with E-state index in [0.717, 1.165) is 18.7 Å². The Kier molecular flexibility index (Phi) is 3.81. The molecule has 1 fully saturated rings. The van der Waals surface area contributed by atoms with Gasteiger partial charge < -0.3 is 15.3 Å². The summed E-state index contributed by atoms with van der Waals surface area (Å²) in [6, 6.07) is 4.54. The topological polar surface area (TPSA) is 52.6 Å². The third-order valence-electron chi connectivity index (χ3n) is 3.15. The van der Waals surface area contributed by atoms with Gasteiger partial charge in [0, 0.05) is 37.3 Å². The number of nitrogens with zero attached hydrogens (tertiary/aromatic N) is 1. The van der Waals surface area contributed by atoms with Crippen molar-refractivity contribution in [2.75, 3.05) is 18.0 Å². The molecule has 0 aromatic heterocycles. The smallest absolute Gasteiger partial charge is 0.217 e. The van der Waals surface area contributed by atoms with Crippen LogP contribution in [0.15, 0.2) is 18.2 Å². The number of aliphatic hydroxyl groups excluding tert-OH is 1. The van der Waals surface area contributed by atoms with Gasteiger partial charge in [-0.1, -0.05) is 0 Å². The maximum Gasteiger partial charge on any atom is 0.217 e. The molecule has 2 rings (SSSR count). The molecular weight excluding hydrogens is 235 g/mol. The Balaban J connectivity index is 2.11. The molecule has 98 valence electrons. The first-order valence-corrected chi connectivity index (χ1v) is 6.01. The summed E-state index contributed by atoms with van der Waals surface area (Å²) in [5, 5.41) is 12.1. The Hall–Kier alpha value is -1.62. The van der Waals surface area contributed by atoms with Crippen molar-refractivity contribution in [3.8, 4) is 0 Å². The van der Waals surface area contributed by atoms with E-state index in [2.05, 4.69) is 10.2 Å². The van der Waals surface area contributed by atoms with Gasteiger partial charge in [-0.3, -0.25) is 4.79 Å². The average molecular weight is 252 g/mol. The highest BCUT2D eigenvalue weighted by Crippen LogP contribution is 2.25. The third kappa shape index (κ3) is 2.79. The summed E-state index contributed by atoms with van der Waals surface area (Å²) in [6.07, 6.45) is 0.863. The zero-order chi connectivity index (χ0) is 13.1. The van der Waals surface area contributed by atoms with Crippen molar-refractivity contribution in [2.24, 2.45) is 0 Å². The maximum atomic E-state index is 13.1. The molecule has 18 heavy (non-hydrogen) atoms. The van der Waals surface area contributed by atoms with Gasteiger partial charge in [-0.05, 0) is 24.6 Å². The molecule has 1 aromatic rings. The van der Waals surface area contributed by atoms with E-state index in [1.54, 1.807) is 6.07 Å². The zero-order valence-corrected chi connectivity index (χ0v) is 10.3. The van der Waals surface area contributed by atoms with Gasteiger partial charge in [0.15, 0.2) is 0 Å². The van der Waals surface area contributed by atoms with Crippen LogP contribution in [0.25, 0.3) is 0 Å². The minimum absolute atomic E-state index is 0.0386. The second kappa shape index (κ2) is 5.35. The van der Waals surface area contributed by atoms with E-state index in [9.17, 15) is 14.3 Å². The number of benzene rings is 1. The molecule has 2 N–H and O–H groups in total. The van der Waals surface area contributed by atoms with Crippen LogP contribution in [-0.2, 0) is 11.4 Å². The molecule has 1 unspecified atom stereocenters. The summed E-state index contributed by atoms with van der Waals surface area (Å²) in [7, 11) is 0. The average Bonchev–Trinajstić information content (AvgIpc) is 2.76. The van der Waals surface area contributed by atoms with E-state index in [4.69, 9.17) is 0 Å². The van der Waals surface area contributed by atoms with Crippen molar-refractivity contribution in [3.63, 3.8) is 0 Å². The van der Waals surface area contributed by atoms with Gasteiger partial charge in [0.1, 0.15) is 5.82 Å². The number of hydrogen-bond acceptors (Lipinski definition) is 3. The Labute approximate surface area is 105 Å². The lowest BCUT2D eigenvalue weighted by Crippen LogP contribution is -2.35. The Morgan fingerprint density at radius 3 is 3.06 bits per heavy atom. The SMILES string of the molecule is CC(=O)NC1CCN(c2ccc(F)cc2CO)C1. The highest BCUT2D eigenvalue weighted by molar-refractivity contribution is 5.73. The van der Waals surface area contributed by atoms with Crippen LogP contribution in [0.2, 0.25) is 0 Å². The van der Waals surface area contributed by atoms with Crippen LogP contribution >= 0.6 is 0 Å². The number of halogens is 1. The summed E-state index contributed by atoms with van der Waals surface area (Å²) in [4.78, 5) is 13.1. The summed E-state index contributed by atoms with van der Waals surface area (Å²) in [5.41, 5.74) is 1.42. The molecule has 1 heterocycles. The molecule has 1 aliphatic heterocycles. The maximum absolute atomic E-state index is 13.1. The van der Waals surface area contributed by atoms with Crippen molar-refractivity contribution >= 4 is 11.6 Å². The second-order valence-corrected chi connectivity index (χ2v) is 4.56. The van der Waals surface area contributed by atoms with Gasteiger partial charge in [-0.2, -0.15) is 0 Å². The normalized spacial score (nSPS) is 19.1. The summed E-state index contributed by atoms with van der Waals surface area (Å²) < 4.78 is 13.1. The van der Waals surface area contributed by atoms with E-state index >= 15 is 0 Å². The van der Waals surface area contributed by atoms with Crippen molar-refractivity contribution in [1.82, 2.24) is 5.32 Å². The lowest BCUT2D eigenvalue weighted by Gasteiger charge is -2.21. The first-order valence-electron chi connectivity index (χ1n) is 6.01. The fourth-order valence-electron chi connectivity index (χ4n) is 2.37. The molecule has 4 nitrogen and oxygen atoms in total. The van der Waals surface area contributed by atoms with Crippen molar-refractivity contribution in [1.29, 1.82) is 0 Å². The van der Waals surface area contributed by atoms with E-state index in [1.165, 1.54) is 19.1 Å². The summed E-state index contributed by atoms with van der Waals surface area (Å²) in [6.45, 7) is 2.80. The van der Waals surface area contributed by atoms with Crippen LogP contribution in [0.1, 0.15) is 18.9 Å². The van der Waals surface area contributed by atoms with Gasteiger partial charge in [0.05, 0.1) is 6.61 Å². The van der Waals surface area contributed by atoms with E-state index < -0.39 is 0 Å². The predicted octanol–water partition coefficient (Wildman–Crippen LogP) is 1.03. The summed E-state index contributed by atoms with van der Waals surface area (Å²) in [5.74, 6) is -0.385. The van der Waals surface area contributed by atoms with Crippen LogP contribution in [-0.4, -0.2) is 30.1 Å². The summed E-state index contributed by atoms with van der Waals surface area (Å²) >= 11 is 0. The third-order valence-corrected chi connectivity index (χ3v) is 3.15. The molecule has 1 saturated heterocycles. The molecule has 1 aliphatic rings. The first-order chi connectivity index (χ1) is 8.60. The standard InChI is InChI=1S/C13H17FN2O2/c1-9(18)15-12-4-5-16(7-12)13-3-2-11(14)6-10(13)8-17/h2-3,6,12,17H,4-5,7-8H2,1H3,(H,15,18). The number of nitrogens with one attached hydrogen (secondary N) is 1. The Morgan fingerprint density at radius 1 is 1.61 bits per heavy atom. The fourth-order valence-corrected chi connectivity index (χ4v) is 2.37. The number of rotatable bonds is 3. The van der Waals surface area contributed by atoms with E-state index in [-0.39, 0.29) is 24.4 Å². The lowest BCUT2D eigenvalue weighted by atomic mass is 10.1. The van der Waals surface area contributed by atoms with Crippen molar-refractivity contribution < 1.29 is 14.3 Å². The number of carbonyl (C=O) groups is 1. The van der Waals surface area contributed by atoms with Gasteiger partial charge in [0.2, 0.25) is 5.91 Å². The van der Waals surface area contributed by atoms with Crippen molar-refractivity contribution in [3.05, 3.63) is 29.6 Å². The van der Waals surface area contributed by atoms with Crippen LogP contribution in [0, 0.1) is 5.82 Å². The van der Waals surface area contributed by atoms with Crippen LogP contribution < -0.4 is 10.2 Å². The first kappa shape index (κ1) is 12.8. The molecule has 1 atom stereocenters. The van der Waals surface area contributed by atoms with Crippen LogP contribution in [0.4, 0.5) is 10.1 Å². The minimum Gasteiger partial charge on any atom is -0.392 e. The van der Waals surface area contributed by atoms with Crippen LogP contribution in [0.3, 0.4) is 0 Å². The number of carbonyl (C=O) groups excluding carboxylic acids is 1. The Morgan fingerprint density at radius 2 is 2.39 bits per heavy atom. The van der Waals surface area contributed by atoms with Crippen LogP contribution in [0.5, 0.6) is 0 Å². The number of aliphatic hydroxyl groups is 1. The second-order valence-electron chi connectivity index (χ2n) is 4.56. The van der Waals surface area contributed by atoms with Gasteiger partial charge in [0.25, 0.3) is 0 Å². The highest BCUT2D eigenvalue weighted by Gasteiger charge is 2.24. The fraction of sp³-hybridized carbons (Fsp3) is 0.462. The molecule has 0 saturated carbocycles. The number of anilines is 1. The largest absolute Gasteiger partial charge is 0.392 e. The van der Waals surface area contributed by atoms with Gasteiger partial charge in [-0.15, -0.1) is 0 Å². The monoisotopic (exact) mass is 252 g/mol. The molecule has 1 amide bonds. The highest BCUT2D eigenvalue weighted by atomic mass is 19.1. The number of amides is 1. The van der Waals surface area contributed by atoms with Crippen molar-refractivity contribution in [2.45, 2.75) is 26.0 Å². The molecule has 1 aromatic carbocycles. The molecule has 0 spiro atoms. The molecule has 0 radical (unpaired) electrons. The van der Waals surface area contributed by atoms with Gasteiger partial charge >= 0.3 is 0 Å².